The van der Waals surface area contributed by atoms with Crippen LogP contribution in [0.5, 0.6) is 0 Å². The van der Waals surface area contributed by atoms with Crippen LogP contribution in [-0.2, 0) is 16.4 Å². The predicted octanol–water partition coefficient (Wildman–Crippen LogP) is 4.09. The van der Waals surface area contributed by atoms with E-state index in [9.17, 15) is 18.0 Å². The average molecular weight is 496 g/mol. The Morgan fingerprint density at radius 1 is 1.18 bits per heavy atom. The van der Waals surface area contributed by atoms with Crippen molar-refractivity contribution in [3.63, 3.8) is 0 Å². The van der Waals surface area contributed by atoms with Crippen molar-refractivity contribution in [2.24, 2.45) is 0 Å². The largest absolute Gasteiger partial charge is 0.344 e. The molecule has 0 radical (unpaired) electrons. The number of ketones is 1. The van der Waals surface area contributed by atoms with Crippen molar-refractivity contribution in [3.8, 4) is 10.4 Å². The molecule has 0 unspecified atom stereocenters. The molecule has 7 nitrogen and oxygen atoms in total. The van der Waals surface area contributed by atoms with Crippen molar-refractivity contribution in [2.45, 2.75) is 39.8 Å². The zero-order valence-electron chi connectivity index (χ0n) is 19.2. The summed E-state index contributed by atoms with van der Waals surface area (Å²) in [6.45, 7) is 5.52. The molecule has 1 atom stereocenters. The second-order valence-corrected chi connectivity index (χ2v) is 12.1. The molecule has 1 fully saturated rings. The van der Waals surface area contributed by atoms with Crippen LogP contribution in [0.4, 0.5) is 0 Å². The third-order valence-electron chi connectivity index (χ3n) is 6.63. The maximum atomic E-state index is 13.3. The van der Waals surface area contributed by atoms with Gasteiger partial charge in [-0.1, -0.05) is 30.3 Å². The van der Waals surface area contributed by atoms with E-state index in [4.69, 9.17) is 0 Å². The first-order chi connectivity index (χ1) is 16.2. The molecular formula is C25H25N3O4S2. The Balaban J connectivity index is 1.48. The number of Topliss-reactive ketones (excluding diaryl/α,β-unsaturated/α-hetero) is 1. The first-order valence-electron chi connectivity index (χ1n) is 11.1. The molecule has 0 aliphatic carbocycles. The number of hydrogen-bond acceptors (Lipinski definition) is 6. The van der Waals surface area contributed by atoms with Gasteiger partial charge in [0.05, 0.1) is 29.8 Å². The molecule has 5 rings (SSSR count). The van der Waals surface area contributed by atoms with Crippen LogP contribution in [0.15, 0.2) is 47.5 Å². The van der Waals surface area contributed by atoms with E-state index in [1.165, 1.54) is 22.2 Å². The predicted molar refractivity (Wildman–Crippen MR) is 135 cm³/mol. The Morgan fingerprint density at radius 3 is 2.59 bits per heavy atom. The zero-order valence-corrected chi connectivity index (χ0v) is 20.9. The summed E-state index contributed by atoms with van der Waals surface area (Å²) in [4.78, 5) is 32.7. The van der Waals surface area contributed by atoms with Crippen molar-refractivity contribution in [3.05, 3.63) is 75.6 Å². The van der Waals surface area contributed by atoms with E-state index in [-0.39, 0.29) is 35.4 Å². The van der Waals surface area contributed by atoms with Crippen LogP contribution in [0.3, 0.4) is 0 Å². The highest BCUT2D eigenvalue weighted by Gasteiger charge is 2.31. The van der Waals surface area contributed by atoms with Gasteiger partial charge in [-0.3, -0.25) is 14.2 Å². The topological polar surface area (TPSA) is 91.0 Å². The normalized spacial score (nSPS) is 17.4. The molecular weight excluding hydrogens is 470 g/mol. The van der Waals surface area contributed by atoms with Crippen molar-refractivity contribution in [1.29, 1.82) is 0 Å². The number of carbonyl (C=O) groups excluding carboxylic acids is 1. The summed E-state index contributed by atoms with van der Waals surface area (Å²) >= 11 is 1.47. The van der Waals surface area contributed by atoms with Crippen LogP contribution in [0.25, 0.3) is 20.7 Å². The number of thiophene rings is 1. The minimum Gasteiger partial charge on any atom is -0.344 e. The maximum absolute atomic E-state index is 13.3. The quantitative estimate of drug-likeness (QED) is 0.389. The van der Waals surface area contributed by atoms with Crippen LogP contribution in [0.1, 0.15) is 39.8 Å². The highest BCUT2D eigenvalue weighted by molar-refractivity contribution is 7.91. The molecule has 9 heteroatoms. The molecule has 176 valence electrons. The lowest BCUT2D eigenvalue weighted by atomic mass is 10.1. The SMILES string of the molecule is Cc1c(-c2ccccc2)sc2ncn(CC(=O)c3cc(C)n([C@H]4CCS(=O)(=O)C4)c3C)c(=O)c12. The summed E-state index contributed by atoms with van der Waals surface area (Å²) in [5.74, 6) is 0.0713. The van der Waals surface area contributed by atoms with Crippen LogP contribution in [-0.4, -0.2) is 39.8 Å². The molecule has 0 amide bonds. The molecule has 0 bridgehead atoms. The van der Waals surface area contributed by atoms with Crippen LogP contribution in [0, 0.1) is 20.8 Å². The van der Waals surface area contributed by atoms with E-state index in [0.29, 0.717) is 22.2 Å². The van der Waals surface area contributed by atoms with Crippen molar-refractivity contribution in [2.75, 3.05) is 11.5 Å². The molecule has 0 saturated carbocycles. The number of aromatic nitrogens is 3. The first-order valence-corrected chi connectivity index (χ1v) is 13.8. The number of sulfone groups is 1. The summed E-state index contributed by atoms with van der Waals surface area (Å²) in [5, 5.41) is 0.542. The number of rotatable bonds is 5. The smallest absolute Gasteiger partial charge is 0.262 e. The third kappa shape index (κ3) is 3.82. The van der Waals surface area contributed by atoms with Crippen LogP contribution in [0.2, 0.25) is 0 Å². The van der Waals surface area contributed by atoms with Gasteiger partial charge in [0.15, 0.2) is 15.6 Å². The lowest BCUT2D eigenvalue weighted by Crippen LogP contribution is -2.25. The summed E-state index contributed by atoms with van der Waals surface area (Å²) in [6, 6.07) is 11.5. The summed E-state index contributed by atoms with van der Waals surface area (Å²) < 4.78 is 27.2. The Kier molecular flexibility index (Phi) is 5.56. The van der Waals surface area contributed by atoms with Crippen LogP contribution >= 0.6 is 11.3 Å². The molecule has 1 saturated heterocycles. The Labute approximate surface area is 201 Å². The monoisotopic (exact) mass is 495 g/mol. The van der Waals surface area contributed by atoms with E-state index in [2.05, 4.69) is 4.98 Å². The van der Waals surface area contributed by atoms with Crippen molar-refractivity contribution < 1.29 is 13.2 Å². The molecule has 0 N–H and O–H groups in total. The number of benzene rings is 1. The van der Waals surface area contributed by atoms with E-state index in [1.807, 2.05) is 55.7 Å². The Hall–Kier alpha value is -3.04. The maximum Gasteiger partial charge on any atom is 0.262 e. The summed E-state index contributed by atoms with van der Waals surface area (Å²) in [7, 11) is -3.04. The molecule has 4 aromatic rings. The first kappa shape index (κ1) is 22.7. The average Bonchev–Trinajstić information content (AvgIpc) is 3.43. The second-order valence-electron chi connectivity index (χ2n) is 8.91. The summed E-state index contributed by atoms with van der Waals surface area (Å²) in [6.07, 6.45) is 1.99. The number of hydrogen-bond donors (Lipinski definition) is 0. The van der Waals surface area contributed by atoms with Gasteiger partial charge in [0.1, 0.15) is 4.83 Å². The summed E-state index contributed by atoms with van der Waals surface area (Å²) in [5.41, 5.74) is 3.78. The van der Waals surface area contributed by atoms with E-state index >= 15 is 0 Å². The fourth-order valence-electron chi connectivity index (χ4n) is 4.98. The second kappa shape index (κ2) is 8.32. The fraction of sp³-hybridized carbons (Fsp3) is 0.320. The van der Waals surface area contributed by atoms with Crippen LogP contribution < -0.4 is 5.56 Å². The zero-order chi connectivity index (χ0) is 24.2. The standard InChI is InChI=1S/C25H25N3O4S2/c1-15-11-20(17(3)28(15)19-9-10-34(31,32)13-19)21(29)12-27-14-26-24-22(25(27)30)16(2)23(33-24)18-7-5-4-6-8-18/h4-8,11,14,19H,9-10,12-13H2,1-3H3/t19-/m0/s1. The third-order valence-corrected chi connectivity index (χ3v) is 9.62. The van der Waals surface area contributed by atoms with Gasteiger partial charge in [0.25, 0.3) is 5.56 Å². The molecule has 34 heavy (non-hydrogen) atoms. The van der Waals surface area contributed by atoms with E-state index in [1.54, 1.807) is 6.07 Å². The molecule has 4 heterocycles. The highest BCUT2D eigenvalue weighted by Crippen LogP contribution is 2.35. The van der Waals surface area contributed by atoms with Gasteiger partial charge >= 0.3 is 0 Å². The van der Waals surface area contributed by atoms with Gasteiger partial charge in [-0.2, -0.15) is 0 Å². The van der Waals surface area contributed by atoms with Gasteiger partial charge in [0.2, 0.25) is 0 Å². The van der Waals surface area contributed by atoms with E-state index < -0.39 is 9.84 Å². The van der Waals surface area contributed by atoms with Gasteiger partial charge < -0.3 is 4.57 Å². The number of carbonyl (C=O) groups is 1. The molecule has 0 spiro atoms. The molecule has 1 aromatic carbocycles. The molecule has 3 aromatic heterocycles. The van der Waals surface area contributed by atoms with Gasteiger partial charge in [0, 0.05) is 27.9 Å². The Morgan fingerprint density at radius 2 is 1.91 bits per heavy atom. The minimum absolute atomic E-state index is 0.0955. The van der Waals surface area contributed by atoms with E-state index in [0.717, 1.165) is 27.4 Å². The molecule has 1 aliphatic heterocycles. The Bertz CT molecular complexity index is 1590. The fourth-order valence-corrected chi connectivity index (χ4v) is 7.82. The molecule has 1 aliphatic rings. The number of aryl methyl sites for hydroxylation is 2. The van der Waals surface area contributed by atoms with Gasteiger partial charge in [-0.25, -0.2) is 13.4 Å². The van der Waals surface area contributed by atoms with Crippen molar-refractivity contribution in [1.82, 2.24) is 14.1 Å². The highest BCUT2D eigenvalue weighted by atomic mass is 32.2. The van der Waals surface area contributed by atoms with Gasteiger partial charge in [-0.15, -0.1) is 11.3 Å². The minimum atomic E-state index is -3.04. The number of nitrogens with zero attached hydrogens (tertiary/aromatic N) is 3. The van der Waals surface area contributed by atoms with Gasteiger partial charge in [-0.05, 0) is 44.4 Å². The lowest BCUT2D eigenvalue weighted by molar-refractivity contribution is 0.0970. The lowest BCUT2D eigenvalue weighted by Gasteiger charge is -2.16. The number of fused-ring (bicyclic) bond motifs is 1. The van der Waals surface area contributed by atoms with Crippen molar-refractivity contribution >= 4 is 37.2 Å².